The lowest BCUT2D eigenvalue weighted by Crippen LogP contribution is -2.13. The first kappa shape index (κ1) is 9.84. The van der Waals surface area contributed by atoms with Gasteiger partial charge in [0.15, 0.2) is 0 Å². The maximum atomic E-state index is 11.1. The molecule has 1 heterocycles. The molecule has 0 atom stereocenters. The van der Waals surface area contributed by atoms with Gasteiger partial charge < -0.3 is 10.3 Å². The highest BCUT2D eigenvalue weighted by atomic mass is 16.1. The molecule has 0 saturated heterocycles. The highest BCUT2D eigenvalue weighted by Crippen LogP contribution is 2.15. The Kier molecular flexibility index (Phi) is 2.76. The zero-order valence-corrected chi connectivity index (χ0v) is 8.42. The first-order valence-electron chi connectivity index (χ1n) is 4.54. The van der Waals surface area contributed by atoms with Crippen LogP contribution in [-0.4, -0.2) is 10.5 Å². The summed E-state index contributed by atoms with van der Waals surface area (Å²) < 4.78 is 2.08. The fraction of sp³-hybridized carbons (Fsp3) is 0.500. The second kappa shape index (κ2) is 3.64. The van der Waals surface area contributed by atoms with Gasteiger partial charge in [-0.1, -0.05) is 6.92 Å². The number of amides is 1. The number of aromatic nitrogens is 1. The van der Waals surface area contributed by atoms with E-state index in [0.29, 0.717) is 5.56 Å². The van der Waals surface area contributed by atoms with Crippen LogP contribution in [0.3, 0.4) is 0 Å². The highest BCUT2D eigenvalue weighted by molar-refractivity contribution is 5.95. The van der Waals surface area contributed by atoms with E-state index < -0.39 is 0 Å². The zero-order chi connectivity index (χ0) is 10.0. The number of aryl methyl sites for hydroxylation is 2. The van der Waals surface area contributed by atoms with Gasteiger partial charge in [-0.2, -0.15) is 0 Å². The van der Waals surface area contributed by atoms with Gasteiger partial charge in [-0.15, -0.1) is 0 Å². The smallest absolute Gasteiger partial charge is 0.250 e. The van der Waals surface area contributed by atoms with Crippen LogP contribution >= 0.6 is 0 Å². The molecule has 0 radical (unpaired) electrons. The number of hydrogen-bond donors (Lipinski definition) is 1. The summed E-state index contributed by atoms with van der Waals surface area (Å²) in [4.78, 5) is 11.1. The summed E-state index contributed by atoms with van der Waals surface area (Å²) >= 11 is 0. The predicted octanol–water partition coefficient (Wildman–Crippen LogP) is 1.61. The summed E-state index contributed by atoms with van der Waals surface area (Å²) in [5.74, 6) is -0.329. The van der Waals surface area contributed by atoms with Crippen molar-refractivity contribution in [2.24, 2.45) is 5.73 Å². The third kappa shape index (κ3) is 1.74. The van der Waals surface area contributed by atoms with Crippen molar-refractivity contribution in [3.05, 3.63) is 23.0 Å². The lowest BCUT2D eigenvalue weighted by atomic mass is 10.1. The molecule has 72 valence electrons. The fourth-order valence-corrected chi connectivity index (χ4v) is 1.67. The van der Waals surface area contributed by atoms with Crippen molar-refractivity contribution in [3.63, 3.8) is 0 Å². The summed E-state index contributed by atoms with van der Waals surface area (Å²) in [5.41, 5.74) is 7.90. The van der Waals surface area contributed by atoms with E-state index >= 15 is 0 Å². The van der Waals surface area contributed by atoms with Gasteiger partial charge >= 0.3 is 0 Å². The minimum absolute atomic E-state index is 0.329. The molecule has 3 heteroatoms. The molecule has 0 saturated carbocycles. The van der Waals surface area contributed by atoms with Crippen LogP contribution in [0.1, 0.15) is 35.0 Å². The third-order valence-corrected chi connectivity index (χ3v) is 2.25. The lowest BCUT2D eigenvalue weighted by molar-refractivity contribution is 0.0999. The number of carbonyl (C=O) groups is 1. The van der Waals surface area contributed by atoms with Crippen molar-refractivity contribution in [1.29, 1.82) is 0 Å². The van der Waals surface area contributed by atoms with Crippen LogP contribution in [0.5, 0.6) is 0 Å². The van der Waals surface area contributed by atoms with Gasteiger partial charge in [0.05, 0.1) is 5.56 Å². The van der Waals surface area contributed by atoms with Gasteiger partial charge in [-0.25, -0.2) is 0 Å². The standard InChI is InChI=1S/C10H16N2O/c1-4-5-12-6-7(2)9(8(12)3)10(11)13/h6H,4-5H2,1-3H3,(H2,11,13). The van der Waals surface area contributed by atoms with E-state index in [4.69, 9.17) is 5.73 Å². The average molecular weight is 180 g/mol. The Morgan fingerprint density at radius 1 is 1.54 bits per heavy atom. The summed E-state index contributed by atoms with van der Waals surface area (Å²) in [5, 5.41) is 0. The van der Waals surface area contributed by atoms with E-state index in [1.165, 1.54) is 0 Å². The largest absolute Gasteiger partial charge is 0.366 e. The van der Waals surface area contributed by atoms with Gasteiger partial charge in [0, 0.05) is 18.4 Å². The topological polar surface area (TPSA) is 48.0 Å². The summed E-state index contributed by atoms with van der Waals surface area (Å²) in [7, 11) is 0. The van der Waals surface area contributed by atoms with E-state index in [9.17, 15) is 4.79 Å². The second-order valence-corrected chi connectivity index (χ2v) is 3.33. The van der Waals surface area contributed by atoms with Gasteiger partial charge in [0.25, 0.3) is 5.91 Å². The molecule has 1 rings (SSSR count). The maximum absolute atomic E-state index is 11.1. The molecule has 1 amide bonds. The van der Waals surface area contributed by atoms with Gasteiger partial charge in [-0.3, -0.25) is 4.79 Å². The normalized spacial score (nSPS) is 10.4. The van der Waals surface area contributed by atoms with Gasteiger partial charge in [0.2, 0.25) is 0 Å². The van der Waals surface area contributed by atoms with Gasteiger partial charge in [-0.05, 0) is 25.8 Å². The summed E-state index contributed by atoms with van der Waals surface area (Å²) in [6.07, 6.45) is 3.05. The minimum atomic E-state index is -0.329. The molecule has 13 heavy (non-hydrogen) atoms. The molecule has 0 spiro atoms. The molecule has 0 aromatic carbocycles. The van der Waals surface area contributed by atoms with Crippen LogP contribution in [0.15, 0.2) is 6.20 Å². The number of rotatable bonds is 3. The maximum Gasteiger partial charge on any atom is 0.250 e. The molecule has 0 aliphatic heterocycles. The van der Waals surface area contributed by atoms with E-state index in [1.54, 1.807) is 0 Å². The Balaban J connectivity index is 3.14. The van der Waals surface area contributed by atoms with E-state index in [-0.39, 0.29) is 5.91 Å². The molecular formula is C10H16N2O. The molecular weight excluding hydrogens is 164 g/mol. The summed E-state index contributed by atoms with van der Waals surface area (Å²) in [6.45, 7) is 6.90. The van der Waals surface area contributed by atoms with E-state index in [2.05, 4.69) is 11.5 Å². The summed E-state index contributed by atoms with van der Waals surface area (Å²) in [6, 6.07) is 0. The van der Waals surface area contributed by atoms with E-state index in [0.717, 1.165) is 24.2 Å². The first-order chi connectivity index (χ1) is 6.07. The number of carbonyl (C=O) groups excluding carboxylic acids is 1. The monoisotopic (exact) mass is 180 g/mol. The van der Waals surface area contributed by atoms with Crippen LogP contribution in [0.25, 0.3) is 0 Å². The molecule has 1 aromatic heterocycles. The Morgan fingerprint density at radius 2 is 2.15 bits per heavy atom. The SMILES string of the molecule is CCCn1cc(C)c(C(N)=O)c1C. The molecule has 0 bridgehead atoms. The zero-order valence-electron chi connectivity index (χ0n) is 8.42. The number of nitrogens with zero attached hydrogens (tertiary/aromatic N) is 1. The van der Waals surface area contributed by atoms with Crippen molar-refractivity contribution in [3.8, 4) is 0 Å². The number of nitrogens with two attached hydrogens (primary N) is 1. The second-order valence-electron chi connectivity index (χ2n) is 3.33. The third-order valence-electron chi connectivity index (χ3n) is 2.25. The lowest BCUT2D eigenvalue weighted by Gasteiger charge is -2.03. The predicted molar refractivity (Wildman–Crippen MR) is 52.7 cm³/mol. The molecule has 0 aliphatic carbocycles. The molecule has 0 unspecified atom stereocenters. The first-order valence-corrected chi connectivity index (χ1v) is 4.54. The number of hydrogen-bond acceptors (Lipinski definition) is 1. The number of primary amides is 1. The molecule has 0 fully saturated rings. The van der Waals surface area contributed by atoms with Crippen LogP contribution in [-0.2, 0) is 6.54 Å². The molecule has 3 nitrogen and oxygen atoms in total. The Labute approximate surface area is 78.5 Å². The van der Waals surface area contributed by atoms with Crippen molar-refractivity contribution in [2.45, 2.75) is 33.7 Å². The van der Waals surface area contributed by atoms with Crippen LogP contribution in [0.2, 0.25) is 0 Å². The van der Waals surface area contributed by atoms with Crippen molar-refractivity contribution in [2.75, 3.05) is 0 Å². The van der Waals surface area contributed by atoms with Gasteiger partial charge in [0.1, 0.15) is 0 Å². The van der Waals surface area contributed by atoms with Crippen LogP contribution in [0.4, 0.5) is 0 Å². The van der Waals surface area contributed by atoms with Crippen molar-refractivity contribution < 1.29 is 4.79 Å². The van der Waals surface area contributed by atoms with Crippen LogP contribution in [0, 0.1) is 13.8 Å². The van der Waals surface area contributed by atoms with Crippen molar-refractivity contribution >= 4 is 5.91 Å². The molecule has 1 aromatic rings. The van der Waals surface area contributed by atoms with E-state index in [1.807, 2.05) is 20.0 Å². The highest BCUT2D eigenvalue weighted by Gasteiger charge is 2.13. The fourth-order valence-electron chi connectivity index (χ4n) is 1.67. The van der Waals surface area contributed by atoms with Crippen molar-refractivity contribution in [1.82, 2.24) is 4.57 Å². The van der Waals surface area contributed by atoms with Crippen LogP contribution < -0.4 is 5.73 Å². The molecule has 0 aliphatic rings. The Bertz CT molecular complexity index is 326. The minimum Gasteiger partial charge on any atom is -0.366 e. The quantitative estimate of drug-likeness (QED) is 0.754. The Hall–Kier alpha value is -1.25. The average Bonchev–Trinajstić information content (AvgIpc) is 2.28. The molecule has 2 N–H and O–H groups in total. The Morgan fingerprint density at radius 3 is 2.54 bits per heavy atom.